The van der Waals surface area contributed by atoms with Gasteiger partial charge in [-0.3, -0.25) is 4.79 Å². The smallest absolute Gasteiger partial charge is 0.186 e. The molecule has 3 heteroatoms. The minimum absolute atomic E-state index is 0.0911. The van der Waals surface area contributed by atoms with Gasteiger partial charge in [0.1, 0.15) is 0 Å². The van der Waals surface area contributed by atoms with E-state index in [0.717, 1.165) is 16.9 Å². The summed E-state index contributed by atoms with van der Waals surface area (Å²) in [7, 11) is 1.85. The number of benzene rings is 1. The summed E-state index contributed by atoms with van der Waals surface area (Å²) in [6, 6.07) is 8.07. The molecule has 0 saturated carbocycles. The maximum Gasteiger partial charge on any atom is 0.186 e. The lowest BCUT2D eigenvalue weighted by molar-refractivity contribution is 0.793. The highest BCUT2D eigenvalue weighted by Crippen LogP contribution is 2.17. The Kier molecular flexibility index (Phi) is 3.86. The predicted octanol–water partition coefficient (Wildman–Crippen LogP) is 2.48. The van der Waals surface area contributed by atoms with Crippen LogP contribution in [-0.4, -0.2) is 11.6 Å². The average Bonchev–Trinajstić information content (AvgIpc) is 2.36. The molecule has 0 amide bonds. The van der Waals surface area contributed by atoms with Crippen LogP contribution in [0.5, 0.6) is 0 Å². The van der Waals surface area contributed by atoms with E-state index >= 15 is 0 Å². The van der Waals surface area contributed by atoms with Crippen molar-refractivity contribution in [1.82, 2.24) is 9.88 Å². The summed E-state index contributed by atoms with van der Waals surface area (Å²) in [5.41, 5.74) is 5.39. The zero-order valence-corrected chi connectivity index (χ0v) is 11.9. The fourth-order valence-electron chi connectivity index (χ4n) is 2.23. The van der Waals surface area contributed by atoms with Crippen molar-refractivity contribution < 1.29 is 0 Å². The van der Waals surface area contributed by atoms with Crippen LogP contribution in [0.1, 0.15) is 22.4 Å². The molecule has 0 aliphatic carbocycles. The summed E-state index contributed by atoms with van der Waals surface area (Å²) in [6.45, 7) is 6.72. The lowest BCUT2D eigenvalue weighted by atomic mass is 10.1. The second-order valence-corrected chi connectivity index (χ2v) is 4.99. The van der Waals surface area contributed by atoms with Crippen molar-refractivity contribution in [1.29, 1.82) is 0 Å². The molecule has 1 heterocycles. The van der Waals surface area contributed by atoms with Crippen LogP contribution in [-0.2, 0) is 6.54 Å². The van der Waals surface area contributed by atoms with Crippen LogP contribution in [0.4, 0.5) is 0 Å². The van der Waals surface area contributed by atoms with Crippen LogP contribution < -0.4 is 10.7 Å². The van der Waals surface area contributed by atoms with E-state index in [0.29, 0.717) is 6.54 Å². The summed E-state index contributed by atoms with van der Waals surface area (Å²) in [6.07, 6.45) is 1.94. The zero-order chi connectivity index (χ0) is 14.0. The lowest BCUT2D eigenvalue weighted by Crippen LogP contribution is -2.19. The third-order valence-corrected chi connectivity index (χ3v) is 3.31. The maximum atomic E-state index is 11.9. The quantitative estimate of drug-likeness (QED) is 0.915. The van der Waals surface area contributed by atoms with Crippen LogP contribution >= 0.6 is 0 Å². The molecule has 1 aromatic heterocycles. The molecule has 2 aromatic rings. The van der Waals surface area contributed by atoms with Gasteiger partial charge in [-0.2, -0.15) is 0 Å². The lowest BCUT2D eigenvalue weighted by Gasteiger charge is -2.15. The molecular formula is C16H20N2O. The van der Waals surface area contributed by atoms with E-state index in [4.69, 9.17) is 0 Å². The van der Waals surface area contributed by atoms with Crippen molar-refractivity contribution in [3.8, 4) is 5.69 Å². The predicted molar refractivity (Wildman–Crippen MR) is 79.0 cm³/mol. The molecular weight excluding hydrogens is 236 g/mol. The molecule has 19 heavy (non-hydrogen) atoms. The zero-order valence-electron chi connectivity index (χ0n) is 11.9. The van der Waals surface area contributed by atoms with Gasteiger partial charge < -0.3 is 9.88 Å². The summed E-state index contributed by atoms with van der Waals surface area (Å²) < 4.78 is 2.09. The number of nitrogens with one attached hydrogen (secondary N) is 1. The second kappa shape index (κ2) is 5.41. The van der Waals surface area contributed by atoms with E-state index in [1.54, 1.807) is 6.07 Å². The van der Waals surface area contributed by atoms with Gasteiger partial charge in [-0.1, -0.05) is 12.1 Å². The van der Waals surface area contributed by atoms with E-state index in [-0.39, 0.29) is 5.43 Å². The normalized spacial score (nSPS) is 10.7. The van der Waals surface area contributed by atoms with Crippen LogP contribution in [0, 0.1) is 20.8 Å². The van der Waals surface area contributed by atoms with Crippen molar-refractivity contribution >= 4 is 0 Å². The van der Waals surface area contributed by atoms with Crippen molar-refractivity contribution in [2.45, 2.75) is 27.3 Å². The summed E-state index contributed by atoms with van der Waals surface area (Å²) in [4.78, 5) is 11.9. The molecule has 100 valence electrons. The minimum atomic E-state index is 0.0911. The highest BCUT2D eigenvalue weighted by molar-refractivity contribution is 5.45. The average molecular weight is 256 g/mol. The van der Waals surface area contributed by atoms with Gasteiger partial charge in [0.05, 0.1) is 0 Å². The Morgan fingerprint density at radius 2 is 1.89 bits per heavy atom. The molecule has 1 aromatic carbocycles. The SMILES string of the molecule is CNCc1cn(-c2cc(C)ccc2C)c(C)cc1=O. The van der Waals surface area contributed by atoms with Crippen molar-refractivity contribution in [2.75, 3.05) is 7.05 Å². The van der Waals surface area contributed by atoms with E-state index < -0.39 is 0 Å². The molecule has 1 N–H and O–H groups in total. The number of hydrogen-bond acceptors (Lipinski definition) is 2. The largest absolute Gasteiger partial charge is 0.320 e. The number of rotatable bonds is 3. The standard InChI is InChI=1S/C16H20N2O/c1-11-5-6-12(2)15(7-11)18-10-14(9-17-4)16(19)8-13(18)3/h5-8,10,17H,9H2,1-4H3. The van der Waals surface area contributed by atoms with Crippen molar-refractivity contribution in [3.63, 3.8) is 0 Å². The number of aromatic nitrogens is 1. The molecule has 0 radical (unpaired) electrons. The first-order chi connectivity index (χ1) is 9.02. The van der Waals surface area contributed by atoms with Crippen LogP contribution in [0.25, 0.3) is 5.69 Å². The van der Waals surface area contributed by atoms with Crippen molar-refractivity contribution in [2.24, 2.45) is 0 Å². The van der Waals surface area contributed by atoms with Gasteiger partial charge in [-0.15, -0.1) is 0 Å². The molecule has 0 bridgehead atoms. The van der Waals surface area contributed by atoms with Gasteiger partial charge in [-0.05, 0) is 45.0 Å². The van der Waals surface area contributed by atoms with Gasteiger partial charge in [0, 0.05) is 35.8 Å². The van der Waals surface area contributed by atoms with E-state index in [2.05, 4.69) is 41.9 Å². The molecule has 0 aliphatic heterocycles. The number of hydrogen-bond donors (Lipinski definition) is 1. The Balaban J connectivity index is 2.64. The Hall–Kier alpha value is -1.87. The Morgan fingerprint density at radius 3 is 2.58 bits per heavy atom. The monoisotopic (exact) mass is 256 g/mol. The highest BCUT2D eigenvalue weighted by Gasteiger charge is 2.07. The Bertz CT molecular complexity index is 656. The first-order valence-corrected chi connectivity index (χ1v) is 6.47. The van der Waals surface area contributed by atoms with Gasteiger partial charge in [0.25, 0.3) is 0 Å². The molecule has 0 atom stereocenters. The summed E-state index contributed by atoms with van der Waals surface area (Å²) in [5.74, 6) is 0. The topological polar surface area (TPSA) is 34.0 Å². The number of pyridine rings is 1. The Morgan fingerprint density at radius 1 is 1.16 bits per heavy atom. The second-order valence-electron chi connectivity index (χ2n) is 4.99. The highest BCUT2D eigenvalue weighted by atomic mass is 16.1. The number of aryl methyl sites for hydroxylation is 3. The van der Waals surface area contributed by atoms with E-state index in [1.807, 2.05) is 20.2 Å². The van der Waals surface area contributed by atoms with Gasteiger partial charge in [-0.25, -0.2) is 0 Å². The molecule has 0 saturated heterocycles. The first kappa shape index (κ1) is 13.6. The molecule has 2 rings (SSSR count). The fourth-order valence-corrected chi connectivity index (χ4v) is 2.23. The summed E-state index contributed by atoms with van der Waals surface area (Å²) in [5, 5.41) is 3.04. The van der Waals surface area contributed by atoms with Crippen LogP contribution in [0.3, 0.4) is 0 Å². The number of nitrogens with zero attached hydrogens (tertiary/aromatic N) is 1. The molecule has 0 spiro atoms. The van der Waals surface area contributed by atoms with Gasteiger partial charge in [0.15, 0.2) is 5.43 Å². The maximum absolute atomic E-state index is 11.9. The third-order valence-electron chi connectivity index (χ3n) is 3.31. The van der Waals surface area contributed by atoms with Crippen molar-refractivity contribution in [3.05, 3.63) is 63.1 Å². The first-order valence-electron chi connectivity index (χ1n) is 6.47. The third kappa shape index (κ3) is 2.76. The fraction of sp³-hybridized carbons (Fsp3) is 0.312. The van der Waals surface area contributed by atoms with E-state index in [9.17, 15) is 4.79 Å². The van der Waals surface area contributed by atoms with E-state index in [1.165, 1.54) is 11.1 Å². The molecule has 0 unspecified atom stereocenters. The van der Waals surface area contributed by atoms with Crippen LogP contribution in [0.2, 0.25) is 0 Å². The Labute approximate surface area is 113 Å². The molecule has 3 nitrogen and oxygen atoms in total. The van der Waals surface area contributed by atoms with Crippen LogP contribution in [0.15, 0.2) is 35.3 Å². The molecule has 0 aliphatic rings. The van der Waals surface area contributed by atoms with Gasteiger partial charge >= 0.3 is 0 Å². The molecule has 0 fully saturated rings. The van der Waals surface area contributed by atoms with Gasteiger partial charge in [0.2, 0.25) is 0 Å². The summed E-state index contributed by atoms with van der Waals surface area (Å²) >= 11 is 0. The minimum Gasteiger partial charge on any atom is -0.320 e.